The van der Waals surface area contributed by atoms with Gasteiger partial charge in [-0.2, -0.15) is 0 Å². The lowest BCUT2D eigenvalue weighted by molar-refractivity contribution is -0.138. The first-order valence-electron chi connectivity index (χ1n) is 12.6. The zero-order valence-corrected chi connectivity index (χ0v) is 23.3. The van der Waals surface area contributed by atoms with E-state index in [2.05, 4.69) is 24.8 Å². The molecule has 34 heavy (non-hydrogen) atoms. The number of carbonyl (C=O) groups excluding carboxylic acids is 2. The molecule has 1 aromatic carbocycles. The van der Waals surface area contributed by atoms with E-state index in [1.807, 2.05) is 65.8 Å². The summed E-state index contributed by atoms with van der Waals surface area (Å²) in [7, 11) is 1.68. The molecule has 0 aliphatic carbocycles. The van der Waals surface area contributed by atoms with Gasteiger partial charge in [0.25, 0.3) is 0 Å². The van der Waals surface area contributed by atoms with Gasteiger partial charge in [-0.1, -0.05) is 105 Å². The van der Waals surface area contributed by atoms with Gasteiger partial charge in [0.2, 0.25) is 0 Å². The van der Waals surface area contributed by atoms with Gasteiger partial charge >= 0.3 is 11.9 Å². The molecule has 198 valence electrons. The SMILES string of the molecule is C=CC(=O)OCCCC.C=CC(=O)OCCCCCCC.CC.CC.COc1ccccc1C. The zero-order chi connectivity index (χ0) is 27.0. The van der Waals surface area contributed by atoms with Crippen LogP contribution in [0.2, 0.25) is 0 Å². The Balaban J connectivity index is -0.000000186. The van der Waals surface area contributed by atoms with Crippen molar-refractivity contribution in [1.82, 2.24) is 0 Å². The van der Waals surface area contributed by atoms with Gasteiger partial charge in [0.05, 0.1) is 20.3 Å². The van der Waals surface area contributed by atoms with Crippen molar-refractivity contribution in [2.45, 2.75) is 93.4 Å². The summed E-state index contributed by atoms with van der Waals surface area (Å²) in [6.07, 6.45) is 10.2. The fourth-order valence-corrected chi connectivity index (χ4v) is 2.10. The second kappa shape index (κ2) is 35.0. The summed E-state index contributed by atoms with van der Waals surface area (Å²) in [5.41, 5.74) is 1.18. The van der Waals surface area contributed by atoms with Crippen LogP contribution in [0.1, 0.15) is 92.1 Å². The highest BCUT2D eigenvalue weighted by atomic mass is 16.5. The molecule has 0 heterocycles. The van der Waals surface area contributed by atoms with Gasteiger partial charge in [-0.15, -0.1) is 0 Å². The first-order chi connectivity index (χ1) is 16.5. The van der Waals surface area contributed by atoms with E-state index in [0.29, 0.717) is 13.2 Å². The highest BCUT2D eigenvalue weighted by Gasteiger charge is 1.94. The minimum atomic E-state index is -0.330. The molecule has 0 amide bonds. The number of hydrogen-bond acceptors (Lipinski definition) is 5. The molecule has 0 aliphatic heterocycles. The average Bonchev–Trinajstić information content (AvgIpc) is 2.89. The number of aryl methyl sites for hydroxylation is 1. The molecule has 0 aromatic heterocycles. The lowest BCUT2D eigenvalue weighted by Crippen LogP contribution is -2.01. The van der Waals surface area contributed by atoms with E-state index in [1.54, 1.807) is 7.11 Å². The fourth-order valence-electron chi connectivity index (χ4n) is 2.10. The van der Waals surface area contributed by atoms with Gasteiger partial charge in [0.15, 0.2) is 0 Å². The van der Waals surface area contributed by atoms with Gasteiger partial charge in [0, 0.05) is 12.2 Å². The summed E-state index contributed by atoms with van der Waals surface area (Å²) in [6.45, 7) is 21.9. The molecule has 0 unspecified atom stereocenters. The van der Waals surface area contributed by atoms with E-state index in [1.165, 1.54) is 37.0 Å². The maximum absolute atomic E-state index is 10.6. The molecule has 0 radical (unpaired) electrons. The largest absolute Gasteiger partial charge is 0.496 e. The van der Waals surface area contributed by atoms with Crippen molar-refractivity contribution in [3.8, 4) is 5.75 Å². The summed E-state index contributed by atoms with van der Waals surface area (Å²) in [4.78, 5) is 20.9. The highest BCUT2D eigenvalue weighted by Crippen LogP contribution is 2.14. The molecule has 0 spiro atoms. The number of benzene rings is 1. The Kier molecular flexibility index (Phi) is 39.9. The fraction of sp³-hybridized carbons (Fsp3) is 0.586. The maximum Gasteiger partial charge on any atom is 0.330 e. The van der Waals surface area contributed by atoms with Crippen LogP contribution in [-0.2, 0) is 19.1 Å². The molecule has 0 fully saturated rings. The third kappa shape index (κ3) is 31.6. The summed E-state index contributed by atoms with van der Waals surface area (Å²) in [5.74, 6) is 0.312. The average molecular weight is 481 g/mol. The summed E-state index contributed by atoms with van der Waals surface area (Å²) in [5, 5.41) is 0. The zero-order valence-electron chi connectivity index (χ0n) is 23.3. The molecule has 0 aliphatic rings. The van der Waals surface area contributed by atoms with Gasteiger partial charge in [-0.3, -0.25) is 0 Å². The Morgan fingerprint density at radius 3 is 1.59 bits per heavy atom. The minimum Gasteiger partial charge on any atom is -0.496 e. The van der Waals surface area contributed by atoms with Crippen molar-refractivity contribution in [2.24, 2.45) is 0 Å². The van der Waals surface area contributed by atoms with Crippen LogP contribution in [0.5, 0.6) is 5.75 Å². The lowest BCUT2D eigenvalue weighted by atomic mass is 10.2. The number of ether oxygens (including phenoxy) is 3. The van der Waals surface area contributed by atoms with Gasteiger partial charge in [-0.05, 0) is 31.4 Å². The predicted molar refractivity (Wildman–Crippen MR) is 146 cm³/mol. The number of unbranched alkanes of at least 4 members (excludes halogenated alkanes) is 5. The molecule has 1 rings (SSSR count). The summed E-state index contributed by atoms with van der Waals surface area (Å²) in [6, 6.07) is 7.94. The van der Waals surface area contributed by atoms with Crippen molar-refractivity contribution >= 4 is 11.9 Å². The van der Waals surface area contributed by atoms with Crippen molar-refractivity contribution in [2.75, 3.05) is 20.3 Å². The third-order valence-corrected chi connectivity index (χ3v) is 3.88. The van der Waals surface area contributed by atoms with Crippen molar-refractivity contribution < 1.29 is 23.8 Å². The summed E-state index contributed by atoms with van der Waals surface area (Å²) >= 11 is 0. The smallest absolute Gasteiger partial charge is 0.330 e. The number of esters is 2. The quantitative estimate of drug-likeness (QED) is 0.171. The second-order valence-corrected chi connectivity index (χ2v) is 6.48. The molecule has 5 nitrogen and oxygen atoms in total. The van der Waals surface area contributed by atoms with E-state index < -0.39 is 0 Å². The van der Waals surface area contributed by atoms with E-state index in [0.717, 1.165) is 31.4 Å². The monoisotopic (exact) mass is 480 g/mol. The number of rotatable bonds is 12. The Labute approximate surface area is 210 Å². The third-order valence-electron chi connectivity index (χ3n) is 3.88. The first-order valence-corrected chi connectivity index (χ1v) is 12.6. The number of carbonyl (C=O) groups is 2. The highest BCUT2D eigenvalue weighted by molar-refractivity contribution is 5.81. The number of hydrogen-bond donors (Lipinski definition) is 0. The van der Waals surface area contributed by atoms with Crippen LogP contribution in [0.3, 0.4) is 0 Å². The number of para-hydroxylation sites is 1. The van der Waals surface area contributed by atoms with Gasteiger partial charge in [0.1, 0.15) is 5.75 Å². The van der Waals surface area contributed by atoms with Gasteiger partial charge in [-0.25, -0.2) is 9.59 Å². The topological polar surface area (TPSA) is 61.8 Å². The molecule has 0 saturated carbocycles. The Bertz CT molecular complexity index is 582. The normalized spacial score (nSPS) is 8.35. The molecule has 0 saturated heterocycles. The standard InChI is InChI=1S/C10H18O2.C8H10O.C7H12O2.2C2H6/c1-3-5-6-7-8-9-12-10(11)4-2;1-7-5-3-4-6-8(7)9-2;1-3-5-6-9-7(8)4-2;2*1-2/h4H,2-3,5-9H2,1H3;3-6H,1-2H3;4H,2-3,5-6H2,1H3;2*1-2H3. The van der Waals surface area contributed by atoms with Crippen LogP contribution in [0.15, 0.2) is 49.6 Å². The van der Waals surface area contributed by atoms with E-state index >= 15 is 0 Å². The second-order valence-electron chi connectivity index (χ2n) is 6.48. The first kappa shape index (κ1) is 38.7. The van der Waals surface area contributed by atoms with E-state index in [9.17, 15) is 9.59 Å². The van der Waals surface area contributed by atoms with Crippen LogP contribution in [-0.4, -0.2) is 32.3 Å². The maximum atomic E-state index is 10.6. The van der Waals surface area contributed by atoms with E-state index in [4.69, 9.17) is 9.47 Å². The molecule has 5 heteroatoms. The van der Waals surface area contributed by atoms with Gasteiger partial charge < -0.3 is 14.2 Å². The molecular formula is C29H52O5. The Morgan fingerprint density at radius 1 is 0.765 bits per heavy atom. The van der Waals surface area contributed by atoms with Crippen molar-refractivity contribution in [3.63, 3.8) is 0 Å². The molecular weight excluding hydrogens is 428 g/mol. The Hall–Kier alpha value is -2.56. The van der Waals surface area contributed by atoms with Crippen LogP contribution in [0, 0.1) is 6.92 Å². The van der Waals surface area contributed by atoms with Crippen LogP contribution < -0.4 is 4.74 Å². The molecule has 0 N–H and O–H groups in total. The summed E-state index contributed by atoms with van der Waals surface area (Å²) < 4.78 is 14.5. The van der Waals surface area contributed by atoms with Crippen LogP contribution in [0.4, 0.5) is 0 Å². The number of methoxy groups -OCH3 is 1. The minimum absolute atomic E-state index is 0.314. The van der Waals surface area contributed by atoms with Crippen molar-refractivity contribution in [1.29, 1.82) is 0 Å². The predicted octanol–water partition coefficient (Wildman–Crippen LogP) is 8.26. The van der Waals surface area contributed by atoms with Crippen molar-refractivity contribution in [3.05, 3.63) is 55.1 Å². The molecule has 0 atom stereocenters. The Morgan fingerprint density at radius 2 is 1.21 bits per heavy atom. The lowest BCUT2D eigenvalue weighted by Gasteiger charge is -2.00. The molecule has 1 aromatic rings. The van der Waals surface area contributed by atoms with E-state index in [-0.39, 0.29) is 11.9 Å². The van der Waals surface area contributed by atoms with Crippen LogP contribution >= 0.6 is 0 Å². The van der Waals surface area contributed by atoms with Crippen LogP contribution in [0.25, 0.3) is 0 Å². The molecule has 0 bridgehead atoms.